The Hall–Kier alpha value is -7.83. The van der Waals surface area contributed by atoms with Crippen LogP contribution in [0.4, 0.5) is 0 Å². The summed E-state index contributed by atoms with van der Waals surface area (Å²) in [6.07, 6.45) is 0. The quantitative estimate of drug-likeness (QED) is 0.177. The molecule has 0 aliphatic carbocycles. The van der Waals surface area contributed by atoms with E-state index < -0.39 is 0 Å². The highest BCUT2D eigenvalue weighted by atomic mass is 16.3. The van der Waals surface area contributed by atoms with E-state index in [2.05, 4.69) is 130 Å². The second-order valence-corrected chi connectivity index (χ2v) is 14.4. The van der Waals surface area contributed by atoms with E-state index >= 15 is 0 Å². The van der Waals surface area contributed by atoms with Crippen LogP contribution in [-0.2, 0) is 0 Å². The van der Waals surface area contributed by atoms with Crippen LogP contribution < -0.4 is 0 Å². The van der Waals surface area contributed by atoms with E-state index in [0.29, 0.717) is 17.5 Å². The molecule has 6 nitrogen and oxygen atoms in total. The van der Waals surface area contributed by atoms with Gasteiger partial charge in [0.1, 0.15) is 5.58 Å². The SMILES string of the molecule is c1ccc(-c2nc(-c3ccccc3)nc(-c3cccc4c3oc3c(-n5c6ccccc6c6ccc7c8ccccc8n(-c8ccccc8)c7c65)cccc34)n2)cc1. The van der Waals surface area contributed by atoms with Gasteiger partial charge in [-0.05, 0) is 36.4 Å². The summed E-state index contributed by atoms with van der Waals surface area (Å²) in [6, 6.07) is 65.4. The Bertz CT molecular complexity index is 3450. The lowest BCUT2D eigenvalue weighted by Gasteiger charge is -2.12. The predicted molar refractivity (Wildman–Crippen MR) is 232 cm³/mol. The molecule has 8 aromatic carbocycles. The lowest BCUT2D eigenvalue weighted by molar-refractivity contribution is 0.667. The highest BCUT2D eigenvalue weighted by Crippen LogP contribution is 2.44. The molecule has 0 bridgehead atoms. The van der Waals surface area contributed by atoms with Gasteiger partial charge in [0.15, 0.2) is 23.1 Å². The van der Waals surface area contributed by atoms with Crippen LogP contribution in [0.3, 0.4) is 0 Å². The van der Waals surface area contributed by atoms with Gasteiger partial charge >= 0.3 is 0 Å². The third kappa shape index (κ3) is 4.74. The van der Waals surface area contributed by atoms with Crippen molar-refractivity contribution < 1.29 is 4.42 Å². The van der Waals surface area contributed by atoms with Crippen molar-refractivity contribution in [1.29, 1.82) is 0 Å². The molecule has 57 heavy (non-hydrogen) atoms. The van der Waals surface area contributed by atoms with Gasteiger partial charge < -0.3 is 13.6 Å². The molecule has 0 aliphatic rings. The van der Waals surface area contributed by atoms with Gasteiger partial charge in [0.05, 0.1) is 33.3 Å². The molecular weight excluding hydrogens is 699 g/mol. The third-order valence-corrected chi connectivity index (χ3v) is 11.2. The van der Waals surface area contributed by atoms with Crippen LogP contribution in [0.1, 0.15) is 0 Å². The van der Waals surface area contributed by atoms with Crippen LogP contribution in [0.2, 0.25) is 0 Å². The van der Waals surface area contributed by atoms with Crippen molar-refractivity contribution in [1.82, 2.24) is 24.1 Å². The monoisotopic (exact) mass is 729 g/mol. The average molecular weight is 730 g/mol. The van der Waals surface area contributed by atoms with Crippen molar-refractivity contribution in [2.75, 3.05) is 0 Å². The first-order chi connectivity index (χ1) is 28.3. The standard InChI is InChI=1S/C51H31N5O/c1-4-16-32(17-5-1)49-52-50(33-18-6-2-7-19-33)54-51(53-49)41-26-14-24-39-40-25-15-29-44(48(40)57-47(39)41)56-43-28-13-11-23-36(43)38-31-30-37-35-22-10-12-27-42(35)55(45(37)46(38)56)34-20-8-3-9-21-34/h1-31H. The number of nitrogens with zero attached hydrogens (tertiary/aromatic N) is 5. The summed E-state index contributed by atoms with van der Waals surface area (Å²) in [5.41, 5.74) is 10.8. The first kappa shape index (κ1) is 31.5. The van der Waals surface area contributed by atoms with E-state index in [1.54, 1.807) is 0 Å². The van der Waals surface area contributed by atoms with Crippen molar-refractivity contribution in [2.24, 2.45) is 0 Å². The molecule has 4 heterocycles. The van der Waals surface area contributed by atoms with E-state index in [1.807, 2.05) is 66.7 Å². The van der Waals surface area contributed by atoms with Crippen LogP contribution >= 0.6 is 0 Å². The fraction of sp³-hybridized carbons (Fsp3) is 0. The minimum Gasteiger partial charge on any atom is -0.453 e. The molecule has 0 atom stereocenters. The zero-order chi connectivity index (χ0) is 37.5. The van der Waals surface area contributed by atoms with E-state index in [1.165, 1.54) is 21.5 Å². The van der Waals surface area contributed by atoms with Gasteiger partial charge in [-0.3, -0.25) is 0 Å². The van der Waals surface area contributed by atoms with E-state index in [4.69, 9.17) is 19.4 Å². The number of furan rings is 1. The van der Waals surface area contributed by atoms with E-state index in [0.717, 1.165) is 72.1 Å². The minimum absolute atomic E-state index is 0.555. The Morgan fingerprint density at radius 2 is 0.807 bits per heavy atom. The van der Waals surface area contributed by atoms with Gasteiger partial charge in [-0.25, -0.2) is 15.0 Å². The lowest BCUT2D eigenvalue weighted by Crippen LogP contribution is -2.00. The predicted octanol–water partition coefficient (Wildman–Crippen LogP) is 13.0. The molecule has 0 radical (unpaired) electrons. The first-order valence-corrected chi connectivity index (χ1v) is 19.1. The van der Waals surface area contributed by atoms with Gasteiger partial charge in [0.25, 0.3) is 0 Å². The molecule has 12 aromatic rings. The fourth-order valence-corrected chi connectivity index (χ4v) is 8.68. The Balaban J connectivity index is 1.17. The summed E-state index contributed by atoms with van der Waals surface area (Å²) in [7, 11) is 0. The van der Waals surface area contributed by atoms with Crippen LogP contribution in [0, 0.1) is 0 Å². The maximum absolute atomic E-state index is 7.14. The number of fused-ring (bicyclic) bond motifs is 10. The lowest BCUT2D eigenvalue weighted by atomic mass is 10.1. The molecule has 0 unspecified atom stereocenters. The largest absolute Gasteiger partial charge is 0.453 e. The van der Waals surface area contributed by atoms with Gasteiger partial charge in [-0.1, -0.05) is 152 Å². The zero-order valence-corrected chi connectivity index (χ0v) is 30.5. The Morgan fingerprint density at radius 3 is 1.44 bits per heavy atom. The summed E-state index contributed by atoms with van der Waals surface area (Å²) in [5.74, 6) is 1.77. The van der Waals surface area contributed by atoms with Crippen molar-refractivity contribution >= 4 is 65.6 Å². The third-order valence-electron chi connectivity index (χ3n) is 11.2. The molecule has 266 valence electrons. The molecule has 0 spiro atoms. The Labute approximate surface area is 326 Å². The second kappa shape index (κ2) is 12.3. The Morgan fingerprint density at radius 1 is 0.333 bits per heavy atom. The summed E-state index contributed by atoms with van der Waals surface area (Å²) in [5, 5.41) is 6.79. The molecular formula is C51H31N5O. The molecule has 0 fully saturated rings. The molecule has 0 saturated heterocycles. The fourth-order valence-electron chi connectivity index (χ4n) is 8.68. The van der Waals surface area contributed by atoms with Crippen molar-refractivity contribution in [3.8, 4) is 45.5 Å². The van der Waals surface area contributed by atoms with Gasteiger partial charge in [-0.2, -0.15) is 0 Å². The summed E-state index contributed by atoms with van der Waals surface area (Å²) < 4.78 is 12.0. The minimum atomic E-state index is 0.555. The highest BCUT2D eigenvalue weighted by molar-refractivity contribution is 6.24. The molecule has 12 rings (SSSR count). The smallest absolute Gasteiger partial charge is 0.167 e. The van der Waals surface area contributed by atoms with Gasteiger partial charge in [-0.15, -0.1) is 0 Å². The van der Waals surface area contributed by atoms with Crippen LogP contribution in [0.15, 0.2) is 192 Å². The van der Waals surface area contributed by atoms with Crippen molar-refractivity contribution in [3.05, 3.63) is 188 Å². The summed E-state index contributed by atoms with van der Waals surface area (Å²) in [6.45, 7) is 0. The first-order valence-electron chi connectivity index (χ1n) is 19.1. The van der Waals surface area contributed by atoms with Crippen LogP contribution in [-0.4, -0.2) is 24.1 Å². The normalized spacial score (nSPS) is 11.9. The number of benzene rings is 8. The summed E-state index contributed by atoms with van der Waals surface area (Å²) >= 11 is 0. The average Bonchev–Trinajstić information content (AvgIpc) is 3.95. The molecule has 4 aromatic heterocycles. The molecule has 6 heteroatoms. The van der Waals surface area contributed by atoms with Gasteiger partial charge in [0.2, 0.25) is 0 Å². The van der Waals surface area contributed by atoms with Crippen LogP contribution in [0.25, 0.3) is 111 Å². The molecule has 0 N–H and O–H groups in total. The molecule has 0 aliphatic heterocycles. The van der Waals surface area contributed by atoms with Crippen LogP contribution in [0.5, 0.6) is 0 Å². The topological polar surface area (TPSA) is 61.7 Å². The van der Waals surface area contributed by atoms with E-state index in [9.17, 15) is 0 Å². The summed E-state index contributed by atoms with van der Waals surface area (Å²) in [4.78, 5) is 15.1. The number of para-hydroxylation sites is 5. The maximum Gasteiger partial charge on any atom is 0.167 e. The molecule has 0 amide bonds. The second-order valence-electron chi connectivity index (χ2n) is 14.4. The van der Waals surface area contributed by atoms with Crippen molar-refractivity contribution in [3.63, 3.8) is 0 Å². The number of hydrogen-bond donors (Lipinski definition) is 0. The number of hydrogen-bond acceptors (Lipinski definition) is 4. The maximum atomic E-state index is 7.14. The van der Waals surface area contributed by atoms with Crippen molar-refractivity contribution in [2.45, 2.75) is 0 Å². The zero-order valence-electron chi connectivity index (χ0n) is 30.5. The highest BCUT2D eigenvalue weighted by Gasteiger charge is 2.24. The number of aromatic nitrogens is 5. The van der Waals surface area contributed by atoms with E-state index in [-0.39, 0.29) is 0 Å². The number of rotatable bonds is 5. The van der Waals surface area contributed by atoms with Gasteiger partial charge in [0, 0.05) is 49.1 Å². The molecule has 0 saturated carbocycles. The Kier molecular flexibility index (Phi) is 6.83.